The van der Waals surface area contributed by atoms with Gasteiger partial charge in [0.25, 0.3) is 0 Å². The summed E-state index contributed by atoms with van der Waals surface area (Å²) in [6.45, 7) is 3.43. The summed E-state index contributed by atoms with van der Waals surface area (Å²) in [5, 5.41) is 1.17. The Morgan fingerprint density at radius 3 is 2.80 bits per heavy atom. The van der Waals surface area contributed by atoms with Crippen molar-refractivity contribution in [2.75, 3.05) is 6.54 Å². The van der Waals surface area contributed by atoms with E-state index < -0.39 is 0 Å². The van der Waals surface area contributed by atoms with Crippen molar-refractivity contribution >= 4 is 23.2 Å². The van der Waals surface area contributed by atoms with Crippen LogP contribution in [0.5, 0.6) is 0 Å². The van der Waals surface area contributed by atoms with E-state index in [4.69, 9.17) is 32.6 Å². The maximum Gasteiger partial charge on any atom is 0.195 e. The van der Waals surface area contributed by atoms with Crippen molar-refractivity contribution in [2.24, 2.45) is 0 Å². The highest BCUT2D eigenvalue weighted by atomic mass is 35.5. The van der Waals surface area contributed by atoms with E-state index in [0.29, 0.717) is 21.6 Å². The third-order valence-corrected chi connectivity index (χ3v) is 6.14. The normalized spacial score (nSPS) is 14.1. The average molecular weight is 439 g/mol. The lowest BCUT2D eigenvalue weighted by molar-refractivity contribution is 0.237. The van der Waals surface area contributed by atoms with Crippen LogP contribution in [0.25, 0.3) is 11.6 Å². The minimum Gasteiger partial charge on any atom is -0.461 e. The van der Waals surface area contributed by atoms with E-state index in [1.807, 2.05) is 36.5 Å². The monoisotopic (exact) mass is 438 g/mol. The molecule has 4 heterocycles. The molecule has 30 heavy (non-hydrogen) atoms. The van der Waals surface area contributed by atoms with Crippen molar-refractivity contribution < 1.29 is 4.42 Å². The van der Waals surface area contributed by atoms with Crippen LogP contribution in [0.2, 0.25) is 10.0 Å². The molecule has 0 saturated carbocycles. The van der Waals surface area contributed by atoms with Crippen LogP contribution in [0.4, 0.5) is 0 Å². The molecule has 0 unspecified atom stereocenters. The van der Waals surface area contributed by atoms with Gasteiger partial charge in [-0.15, -0.1) is 0 Å². The molecule has 152 valence electrons. The quantitative estimate of drug-likeness (QED) is 0.415. The van der Waals surface area contributed by atoms with Crippen LogP contribution >= 0.6 is 23.2 Å². The second-order valence-electron chi connectivity index (χ2n) is 7.48. The number of hydrogen-bond donors (Lipinski definition) is 0. The molecule has 0 radical (unpaired) electrons. The van der Waals surface area contributed by atoms with Gasteiger partial charge < -0.3 is 8.98 Å². The minimum atomic E-state index is 0.581. The fourth-order valence-electron chi connectivity index (χ4n) is 3.85. The smallest absolute Gasteiger partial charge is 0.195 e. The van der Waals surface area contributed by atoms with E-state index >= 15 is 0 Å². The van der Waals surface area contributed by atoms with Crippen LogP contribution < -0.4 is 0 Å². The number of hydrogen-bond acceptors (Lipinski definition) is 4. The molecule has 1 aliphatic rings. The first-order valence-electron chi connectivity index (χ1n) is 9.85. The summed E-state index contributed by atoms with van der Waals surface area (Å²) in [5.41, 5.74) is 4.68. The molecule has 0 aliphatic carbocycles. The number of halogens is 2. The predicted octanol–water partition coefficient (Wildman–Crippen LogP) is 5.45. The van der Waals surface area contributed by atoms with Gasteiger partial charge in [0.2, 0.25) is 0 Å². The number of rotatable bonds is 5. The summed E-state index contributed by atoms with van der Waals surface area (Å²) in [6, 6.07) is 13.8. The third-order valence-electron chi connectivity index (χ3n) is 5.40. The molecule has 0 atom stereocenters. The van der Waals surface area contributed by atoms with E-state index in [0.717, 1.165) is 43.9 Å². The molecular formula is C23H20Cl2N4O. The fraction of sp³-hybridized carbons (Fsp3) is 0.217. The Hall–Kier alpha value is -2.60. The molecule has 0 bridgehead atoms. The van der Waals surface area contributed by atoms with Crippen LogP contribution in [-0.4, -0.2) is 26.0 Å². The lowest BCUT2D eigenvalue weighted by Gasteiger charge is -2.28. The molecule has 5 rings (SSSR count). The van der Waals surface area contributed by atoms with Gasteiger partial charge in [-0.2, -0.15) is 0 Å². The summed E-state index contributed by atoms with van der Waals surface area (Å²) in [6.07, 6.45) is 6.58. The van der Waals surface area contributed by atoms with Crippen molar-refractivity contribution in [3.8, 4) is 11.6 Å². The standard InChI is InChI=1S/C23H20Cl2N4O/c24-19-6-5-16(11-20(19)25)13-29-8-1-3-18(29)15-28-9-7-21-17(14-28)12-26-23(27-21)22-4-2-10-30-22/h1-6,8,10-12H,7,9,13-15H2. The van der Waals surface area contributed by atoms with E-state index in [-0.39, 0.29) is 0 Å². The van der Waals surface area contributed by atoms with Crippen LogP contribution in [0, 0.1) is 0 Å². The third kappa shape index (κ3) is 4.01. The van der Waals surface area contributed by atoms with Gasteiger partial charge in [-0.1, -0.05) is 29.3 Å². The van der Waals surface area contributed by atoms with Gasteiger partial charge in [-0.25, -0.2) is 9.97 Å². The summed E-state index contributed by atoms with van der Waals surface area (Å²) >= 11 is 12.2. The molecule has 0 saturated heterocycles. The van der Waals surface area contributed by atoms with Gasteiger partial charge in [0, 0.05) is 56.3 Å². The lowest BCUT2D eigenvalue weighted by atomic mass is 10.1. The highest BCUT2D eigenvalue weighted by Gasteiger charge is 2.20. The first kappa shape index (κ1) is 19.4. The largest absolute Gasteiger partial charge is 0.461 e. The van der Waals surface area contributed by atoms with Crippen LogP contribution in [-0.2, 0) is 26.1 Å². The van der Waals surface area contributed by atoms with Crippen molar-refractivity contribution in [1.82, 2.24) is 19.4 Å². The second kappa shape index (κ2) is 8.26. The Morgan fingerprint density at radius 2 is 1.97 bits per heavy atom. The topological polar surface area (TPSA) is 47.1 Å². The number of aromatic nitrogens is 3. The highest BCUT2D eigenvalue weighted by molar-refractivity contribution is 6.42. The maximum absolute atomic E-state index is 6.17. The highest BCUT2D eigenvalue weighted by Crippen LogP contribution is 2.25. The molecule has 0 fully saturated rings. The maximum atomic E-state index is 6.17. The van der Waals surface area contributed by atoms with Gasteiger partial charge >= 0.3 is 0 Å². The zero-order valence-corrected chi connectivity index (χ0v) is 17.8. The molecular weight excluding hydrogens is 419 g/mol. The second-order valence-corrected chi connectivity index (χ2v) is 8.29. The van der Waals surface area contributed by atoms with Crippen LogP contribution in [0.15, 0.2) is 65.5 Å². The Labute approximate surface area is 184 Å². The summed E-state index contributed by atoms with van der Waals surface area (Å²) in [7, 11) is 0. The van der Waals surface area contributed by atoms with E-state index in [1.54, 1.807) is 6.26 Å². The lowest BCUT2D eigenvalue weighted by Crippen LogP contribution is -2.31. The SMILES string of the molecule is Clc1ccc(Cn2cccc2CN2CCc3nc(-c4ccco4)ncc3C2)cc1Cl. The fourth-order valence-corrected chi connectivity index (χ4v) is 4.17. The van der Waals surface area contributed by atoms with Crippen molar-refractivity contribution in [3.05, 3.63) is 93.7 Å². The Morgan fingerprint density at radius 1 is 1.03 bits per heavy atom. The molecule has 1 aliphatic heterocycles. The van der Waals surface area contributed by atoms with E-state index in [1.165, 1.54) is 11.3 Å². The Balaban J connectivity index is 1.29. The molecule has 0 spiro atoms. The van der Waals surface area contributed by atoms with Gasteiger partial charge in [-0.3, -0.25) is 4.90 Å². The van der Waals surface area contributed by atoms with Crippen molar-refractivity contribution in [2.45, 2.75) is 26.1 Å². The minimum absolute atomic E-state index is 0.581. The molecule has 0 amide bonds. The molecule has 1 aromatic carbocycles. The number of fused-ring (bicyclic) bond motifs is 1. The zero-order valence-electron chi connectivity index (χ0n) is 16.3. The zero-order chi connectivity index (χ0) is 20.5. The van der Waals surface area contributed by atoms with Gasteiger partial charge in [0.1, 0.15) is 0 Å². The van der Waals surface area contributed by atoms with E-state index in [2.05, 4.69) is 32.8 Å². The Kier molecular flexibility index (Phi) is 5.34. The Bertz CT molecular complexity index is 1170. The van der Waals surface area contributed by atoms with Gasteiger partial charge in [0.05, 0.1) is 22.0 Å². The molecule has 0 N–H and O–H groups in total. The number of nitrogens with zero attached hydrogens (tertiary/aromatic N) is 4. The number of benzene rings is 1. The van der Waals surface area contributed by atoms with Crippen molar-refractivity contribution in [3.63, 3.8) is 0 Å². The van der Waals surface area contributed by atoms with Gasteiger partial charge in [0.15, 0.2) is 11.6 Å². The summed E-state index contributed by atoms with van der Waals surface area (Å²) in [5.74, 6) is 1.36. The number of furan rings is 1. The molecule has 7 heteroatoms. The van der Waals surface area contributed by atoms with E-state index in [9.17, 15) is 0 Å². The summed E-state index contributed by atoms with van der Waals surface area (Å²) in [4.78, 5) is 11.6. The summed E-state index contributed by atoms with van der Waals surface area (Å²) < 4.78 is 7.68. The van der Waals surface area contributed by atoms with Gasteiger partial charge in [-0.05, 0) is 42.0 Å². The van der Waals surface area contributed by atoms with Crippen molar-refractivity contribution in [1.29, 1.82) is 0 Å². The first-order valence-corrected chi connectivity index (χ1v) is 10.6. The van der Waals surface area contributed by atoms with Crippen LogP contribution in [0.3, 0.4) is 0 Å². The average Bonchev–Trinajstić information content (AvgIpc) is 3.43. The molecule has 5 nitrogen and oxygen atoms in total. The first-order chi connectivity index (χ1) is 14.7. The van der Waals surface area contributed by atoms with Crippen LogP contribution in [0.1, 0.15) is 22.5 Å². The molecule has 4 aromatic rings. The molecule has 3 aromatic heterocycles. The predicted molar refractivity (Wildman–Crippen MR) is 118 cm³/mol.